The molecule has 128 valence electrons. The van der Waals surface area contributed by atoms with Crippen molar-refractivity contribution in [2.24, 2.45) is 0 Å². The lowest BCUT2D eigenvalue weighted by molar-refractivity contribution is 0.417. The summed E-state index contributed by atoms with van der Waals surface area (Å²) in [5, 5.41) is 3.30. The molecule has 0 aliphatic carbocycles. The molecule has 0 saturated carbocycles. The van der Waals surface area contributed by atoms with Crippen LogP contribution < -0.4 is 15.0 Å². The molecule has 1 fully saturated rings. The zero-order valence-corrected chi connectivity index (χ0v) is 14.7. The zero-order chi connectivity index (χ0) is 16.9. The highest BCUT2D eigenvalue weighted by Crippen LogP contribution is 2.29. The molecule has 5 nitrogen and oxygen atoms in total. The van der Waals surface area contributed by atoms with Crippen molar-refractivity contribution >= 4 is 17.5 Å². The van der Waals surface area contributed by atoms with Gasteiger partial charge < -0.3 is 15.0 Å². The smallest absolute Gasteiger partial charge is 0.229 e. The van der Waals surface area contributed by atoms with Crippen LogP contribution in [0.4, 0.5) is 17.5 Å². The van der Waals surface area contributed by atoms with Crippen LogP contribution in [0.15, 0.2) is 30.3 Å². The van der Waals surface area contributed by atoms with Gasteiger partial charge in [0.1, 0.15) is 11.6 Å². The number of nitrogens with zero attached hydrogens (tertiary/aromatic N) is 3. The summed E-state index contributed by atoms with van der Waals surface area (Å²) in [6, 6.07) is 10.5. The lowest BCUT2D eigenvalue weighted by Crippen LogP contribution is -2.39. The van der Waals surface area contributed by atoms with Crippen LogP contribution in [0.2, 0.25) is 0 Å². The van der Waals surface area contributed by atoms with E-state index in [1.807, 2.05) is 31.2 Å². The molecule has 2 aromatic rings. The molecule has 1 aliphatic rings. The van der Waals surface area contributed by atoms with Crippen LogP contribution in [0.3, 0.4) is 0 Å². The average molecular weight is 326 g/mol. The number of piperidine rings is 1. The molecule has 0 radical (unpaired) electrons. The highest BCUT2D eigenvalue weighted by Gasteiger charge is 2.22. The third-order valence-electron chi connectivity index (χ3n) is 4.59. The lowest BCUT2D eigenvalue weighted by atomic mass is 10.00. The van der Waals surface area contributed by atoms with Crippen molar-refractivity contribution in [3.05, 3.63) is 36.0 Å². The van der Waals surface area contributed by atoms with Crippen LogP contribution in [0.5, 0.6) is 5.75 Å². The van der Waals surface area contributed by atoms with E-state index in [0.29, 0.717) is 12.0 Å². The normalized spacial score (nSPS) is 17.6. The second-order valence-corrected chi connectivity index (χ2v) is 6.27. The SMILES string of the molecule is CCC1CCCCN1c1cc(C)nc(Nc2ccccc2OC)n1. The van der Waals surface area contributed by atoms with E-state index in [1.165, 1.54) is 19.3 Å². The molecule has 1 aromatic heterocycles. The van der Waals surface area contributed by atoms with Crippen LogP contribution >= 0.6 is 0 Å². The van der Waals surface area contributed by atoms with E-state index in [-0.39, 0.29) is 0 Å². The van der Waals surface area contributed by atoms with Crippen molar-refractivity contribution < 1.29 is 4.74 Å². The lowest BCUT2D eigenvalue weighted by Gasteiger charge is -2.36. The molecule has 1 N–H and O–H groups in total. The van der Waals surface area contributed by atoms with Crippen LogP contribution in [0.25, 0.3) is 0 Å². The summed E-state index contributed by atoms with van der Waals surface area (Å²) >= 11 is 0. The summed E-state index contributed by atoms with van der Waals surface area (Å²) < 4.78 is 5.40. The number of hydrogen-bond donors (Lipinski definition) is 1. The summed E-state index contributed by atoms with van der Waals surface area (Å²) in [5.41, 5.74) is 1.85. The fourth-order valence-electron chi connectivity index (χ4n) is 3.35. The van der Waals surface area contributed by atoms with Crippen molar-refractivity contribution in [2.45, 2.75) is 45.6 Å². The van der Waals surface area contributed by atoms with Crippen molar-refractivity contribution in [1.29, 1.82) is 0 Å². The molecule has 24 heavy (non-hydrogen) atoms. The Morgan fingerprint density at radius 1 is 1.25 bits per heavy atom. The molecule has 1 unspecified atom stereocenters. The first-order valence-electron chi connectivity index (χ1n) is 8.73. The number of hydrogen-bond acceptors (Lipinski definition) is 5. The number of rotatable bonds is 5. The van der Waals surface area contributed by atoms with Crippen LogP contribution in [-0.2, 0) is 0 Å². The Hall–Kier alpha value is -2.30. The minimum atomic E-state index is 0.576. The monoisotopic (exact) mass is 326 g/mol. The Morgan fingerprint density at radius 3 is 2.88 bits per heavy atom. The number of ether oxygens (including phenoxy) is 1. The maximum absolute atomic E-state index is 5.40. The van der Waals surface area contributed by atoms with E-state index in [0.717, 1.165) is 35.9 Å². The van der Waals surface area contributed by atoms with Gasteiger partial charge in [0.25, 0.3) is 0 Å². The Balaban J connectivity index is 1.88. The molecule has 3 rings (SSSR count). The van der Waals surface area contributed by atoms with Gasteiger partial charge in [-0.05, 0) is 44.7 Å². The van der Waals surface area contributed by atoms with E-state index in [1.54, 1.807) is 7.11 Å². The minimum absolute atomic E-state index is 0.576. The van der Waals surface area contributed by atoms with Gasteiger partial charge in [-0.3, -0.25) is 0 Å². The van der Waals surface area contributed by atoms with E-state index in [9.17, 15) is 0 Å². The molecule has 0 amide bonds. The first-order chi connectivity index (χ1) is 11.7. The second-order valence-electron chi connectivity index (χ2n) is 6.27. The molecular formula is C19H26N4O. The van der Waals surface area contributed by atoms with Gasteiger partial charge in [0.05, 0.1) is 12.8 Å². The third kappa shape index (κ3) is 3.61. The van der Waals surface area contributed by atoms with Gasteiger partial charge in [-0.15, -0.1) is 0 Å². The van der Waals surface area contributed by atoms with E-state index in [4.69, 9.17) is 9.72 Å². The van der Waals surface area contributed by atoms with Gasteiger partial charge in [0, 0.05) is 24.3 Å². The van der Waals surface area contributed by atoms with Crippen molar-refractivity contribution in [2.75, 3.05) is 23.9 Å². The van der Waals surface area contributed by atoms with Crippen LogP contribution in [0.1, 0.15) is 38.3 Å². The highest BCUT2D eigenvalue weighted by atomic mass is 16.5. The number of aromatic nitrogens is 2. The average Bonchev–Trinajstić information content (AvgIpc) is 2.61. The zero-order valence-electron chi connectivity index (χ0n) is 14.7. The van der Waals surface area contributed by atoms with E-state index in [2.05, 4.69) is 28.2 Å². The summed E-state index contributed by atoms with van der Waals surface area (Å²) in [6.07, 6.45) is 4.94. The van der Waals surface area contributed by atoms with E-state index < -0.39 is 0 Å². The van der Waals surface area contributed by atoms with Crippen molar-refractivity contribution in [3.63, 3.8) is 0 Å². The molecular weight excluding hydrogens is 300 g/mol. The molecule has 5 heteroatoms. The first-order valence-corrected chi connectivity index (χ1v) is 8.73. The molecule has 1 aliphatic heterocycles. The topological polar surface area (TPSA) is 50.3 Å². The molecule has 0 bridgehead atoms. The summed E-state index contributed by atoms with van der Waals surface area (Å²) in [5.74, 6) is 2.43. The maximum Gasteiger partial charge on any atom is 0.229 e. The number of para-hydroxylation sites is 2. The Bertz CT molecular complexity index is 689. The van der Waals surface area contributed by atoms with E-state index >= 15 is 0 Å². The van der Waals surface area contributed by atoms with Crippen LogP contribution in [-0.4, -0.2) is 29.7 Å². The molecule has 1 aromatic carbocycles. The van der Waals surface area contributed by atoms with Gasteiger partial charge in [-0.25, -0.2) is 4.98 Å². The maximum atomic E-state index is 5.40. The van der Waals surface area contributed by atoms with Crippen molar-refractivity contribution in [3.8, 4) is 5.75 Å². The Labute approximate surface area is 144 Å². The minimum Gasteiger partial charge on any atom is -0.495 e. The fraction of sp³-hybridized carbons (Fsp3) is 0.474. The third-order valence-corrected chi connectivity index (χ3v) is 4.59. The number of aryl methyl sites for hydroxylation is 1. The first kappa shape index (κ1) is 16.6. The van der Waals surface area contributed by atoms with Gasteiger partial charge >= 0.3 is 0 Å². The van der Waals surface area contributed by atoms with Crippen molar-refractivity contribution in [1.82, 2.24) is 9.97 Å². The number of anilines is 3. The number of nitrogens with one attached hydrogen (secondary N) is 1. The number of benzene rings is 1. The van der Waals surface area contributed by atoms with Gasteiger partial charge in [-0.1, -0.05) is 19.1 Å². The van der Waals surface area contributed by atoms with Gasteiger partial charge in [0.15, 0.2) is 0 Å². The largest absolute Gasteiger partial charge is 0.495 e. The Kier molecular flexibility index (Phi) is 5.18. The Morgan fingerprint density at radius 2 is 2.08 bits per heavy atom. The molecule has 1 saturated heterocycles. The standard InChI is InChI=1S/C19H26N4O/c1-4-15-9-7-8-12-23(15)18-13-14(2)20-19(22-18)21-16-10-5-6-11-17(16)24-3/h5-6,10-11,13,15H,4,7-9,12H2,1-3H3,(H,20,21,22). The van der Waals surface area contributed by atoms with Gasteiger partial charge in [0.2, 0.25) is 5.95 Å². The van der Waals surface area contributed by atoms with Gasteiger partial charge in [-0.2, -0.15) is 4.98 Å². The number of methoxy groups -OCH3 is 1. The molecule has 2 heterocycles. The predicted molar refractivity (Wildman–Crippen MR) is 98.3 cm³/mol. The second kappa shape index (κ2) is 7.51. The summed E-state index contributed by atoms with van der Waals surface area (Å²) in [7, 11) is 1.67. The molecule has 1 atom stereocenters. The fourth-order valence-corrected chi connectivity index (χ4v) is 3.35. The highest BCUT2D eigenvalue weighted by molar-refractivity contribution is 5.63. The van der Waals surface area contributed by atoms with Crippen LogP contribution in [0, 0.1) is 6.92 Å². The summed E-state index contributed by atoms with van der Waals surface area (Å²) in [6.45, 7) is 5.34. The predicted octanol–water partition coefficient (Wildman–Crippen LogP) is 4.31. The summed E-state index contributed by atoms with van der Waals surface area (Å²) in [4.78, 5) is 11.8. The molecule has 0 spiro atoms. The quantitative estimate of drug-likeness (QED) is 0.887.